The highest BCUT2D eigenvalue weighted by molar-refractivity contribution is 7.89. The Morgan fingerprint density at radius 3 is 2.14 bits per heavy atom. The van der Waals surface area contributed by atoms with Crippen molar-refractivity contribution < 1.29 is 13.2 Å². The molecule has 5 nitrogen and oxygen atoms in total. The molecule has 0 aliphatic rings. The van der Waals surface area contributed by atoms with E-state index in [0.29, 0.717) is 25.2 Å². The van der Waals surface area contributed by atoms with E-state index in [-0.39, 0.29) is 10.8 Å². The topological polar surface area (TPSA) is 66.5 Å². The fourth-order valence-electron chi connectivity index (χ4n) is 1.94. The van der Waals surface area contributed by atoms with Crippen molar-refractivity contribution in [2.75, 3.05) is 19.6 Å². The number of hydrogen-bond acceptors (Lipinski definition) is 3. The number of sulfonamides is 1. The van der Waals surface area contributed by atoms with Gasteiger partial charge in [0.15, 0.2) is 0 Å². The Hall–Kier alpha value is -1.40. The van der Waals surface area contributed by atoms with Gasteiger partial charge in [-0.3, -0.25) is 4.79 Å². The summed E-state index contributed by atoms with van der Waals surface area (Å²) >= 11 is 0. The highest BCUT2D eigenvalue weighted by Crippen LogP contribution is 2.12. The van der Waals surface area contributed by atoms with Crippen LogP contribution in [0, 0.1) is 0 Å². The maximum Gasteiger partial charge on any atom is 0.253 e. The summed E-state index contributed by atoms with van der Waals surface area (Å²) in [5, 5.41) is 0. The molecule has 0 saturated carbocycles. The Bertz CT molecular complexity index is 549. The van der Waals surface area contributed by atoms with Crippen LogP contribution >= 0.6 is 0 Å². The third kappa shape index (κ3) is 4.82. The van der Waals surface area contributed by atoms with E-state index in [2.05, 4.69) is 4.72 Å². The number of unbranched alkanes of at least 4 members (excludes halogenated alkanes) is 1. The van der Waals surface area contributed by atoms with Crippen molar-refractivity contribution in [3.05, 3.63) is 29.8 Å². The van der Waals surface area contributed by atoms with Gasteiger partial charge in [-0.2, -0.15) is 0 Å². The van der Waals surface area contributed by atoms with Gasteiger partial charge in [0.25, 0.3) is 5.91 Å². The Balaban J connectivity index is 2.84. The lowest BCUT2D eigenvalue weighted by Crippen LogP contribution is -2.30. The van der Waals surface area contributed by atoms with Gasteiger partial charge in [0.2, 0.25) is 10.0 Å². The lowest BCUT2D eigenvalue weighted by atomic mass is 10.2. The van der Waals surface area contributed by atoms with Crippen LogP contribution in [-0.4, -0.2) is 38.9 Å². The number of rotatable bonds is 8. The van der Waals surface area contributed by atoms with E-state index in [0.717, 1.165) is 12.8 Å². The van der Waals surface area contributed by atoms with Gasteiger partial charge in [0, 0.05) is 25.2 Å². The molecule has 118 valence electrons. The van der Waals surface area contributed by atoms with Crippen LogP contribution < -0.4 is 4.72 Å². The standard InChI is InChI=1S/C15H24N2O3S/c1-4-7-12-16-21(19,20)14-10-8-13(9-11-14)15(18)17(5-2)6-3/h8-11,16H,4-7,12H2,1-3H3. The summed E-state index contributed by atoms with van der Waals surface area (Å²) in [6, 6.07) is 6.08. The molecule has 0 aliphatic heterocycles. The molecule has 0 saturated heterocycles. The Morgan fingerprint density at radius 2 is 1.67 bits per heavy atom. The average Bonchev–Trinajstić information content (AvgIpc) is 2.48. The zero-order valence-electron chi connectivity index (χ0n) is 12.9. The molecule has 0 heterocycles. The number of carbonyl (C=O) groups excluding carboxylic acids is 1. The molecule has 1 aromatic rings. The lowest BCUT2D eigenvalue weighted by Gasteiger charge is -2.18. The molecule has 0 aromatic heterocycles. The average molecular weight is 312 g/mol. The minimum atomic E-state index is -3.48. The molecule has 0 fully saturated rings. The van der Waals surface area contributed by atoms with E-state index in [4.69, 9.17) is 0 Å². The van der Waals surface area contributed by atoms with Gasteiger partial charge < -0.3 is 4.90 Å². The van der Waals surface area contributed by atoms with Crippen LogP contribution in [-0.2, 0) is 10.0 Å². The SMILES string of the molecule is CCCCNS(=O)(=O)c1ccc(C(=O)N(CC)CC)cc1. The highest BCUT2D eigenvalue weighted by atomic mass is 32.2. The van der Waals surface area contributed by atoms with Crippen LogP contribution in [0.5, 0.6) is 0 Å². The number of carbonyl (C=O) groups is 1. The van der Waals surface area contributed by atoms with Gasteiger partial charge in [0.05, 0.1) is 4.90 Å². The molecule has 0 unspecified atom stereocenters. The summed E-state index contributed by atoms with van der Waals surface area (Å²) in [6.07, 6.45) is 1.73. The summed E-state index contributed by atoms with van der Waals surface area (Å²) in [7, 11) is -3.48. The van der Waals surface area contributed by atoms with Crippen LogP contribution in [0.25, 0.3) is 0 Å². The van der Waals surface area contributed by atoms with E-state index in [1.807, 2.05) is 20.8 Å². The quantitative estimate of drug-likeness (QED) is 0.749. The zero-order chi connectivity index (χ0) is 15.9. The van der Waals surface area contributed by atoms with Gasteiger partial charge in [-0.15, -0.1) is 0 Å². The molecule has 0 spiro atoms. The van der Waals surface area contributed by atoms with Gasteiger partial charge in [-0.25, -0.2) is 13.1 Å². The zero-order valence-corrected chi connectivity index (χ0v) is 13.7. The fraction of sp³-hybridized carbons (Fsp3) is 0.533. The van der Waals surface area contributed by atoms with E-state index in [9.17, 15) is 13.2 Å². The predicted molar refractivity (Wildman–Crippen MR) is 83.8 cm³/mol. The van der Waals surface area contributed by atoms with Crippen molar-refractivity contribution >= 4 is 15.9 Å². The number of hydrogen-bond donors (Lipinski definition) is 1. The second kappa shape index (κ2) is 8.14. The molecule has 1 amide bonds. The molecular formula is C15H24N2O3S. The summed E-state index contributed by atoms with van der Waals surface area (Å²) in [6.45, 7) is 7.53. The number of nitrogens with zero attached hydrogens (tertiary/aromatic N) is 1. The Kier molecular flexibility index (Phi) is 6.84. The van der Waals surface area contributed by atoms with Crippen molar-refractivity contribution in [1.82, 2.24) is 9.62 Å². The minimum absolute atomic E-state index is 0.0807. The molecule has 6 heteroatoms. The maximum absolute atomic E-state index is 12.1. The van der Waals surface area contributed by atoms with E-state index >= 15 is 0 Å². The van der Waals surface area contributed by atoms with E-state index < -0.39 is 10.0 Å². The van der Waals surface area contributed by atoms with Crippen molar-refractivity contribution in [3.8, 4) is 0 Å². The first-order valence-electron chi connectivity index (χ1n) is 7.35. The van der Waals surface area contributed by atoms with Gasteiger partial charge in [-0.1, -0.05) is 13.3 Å². The van der Waals surface area contributed by atoms with E-state index in [1.165, 1.54) is 12.1 Å². The van der Waals surface area contributed by atoms with Gasteiger partial charge >= 0.3 is 0 Å². The number of benzene rings is 1. The highest BCUT2D eigenvalue weighted by Gasteiger charge is 2.16. The first-order valence-corrected chi connectivity index (χ1v) is 8.83. The maximum atomic E-state index is 12.1. The first kappa shape index (κ1) is 17.7. The van der Waals surface area contributed by atoms with Crippen LogP contribution in [0.4, 0.5) is 0 Å². The summed E-state index contributed by atoms with van der Waals surface area (Å²) in [4.78, 5) is 14.0. The molecule has 1 N–H and O–H groups in total. The molecule has 0 atom stereocenters. The smallest absolute Gasteiger partial charge is 0.253 e. The normalized spacial score (nSPS) is 11.4. The number of amides is 1. The lowest BCUT2D eigenvalue weighted by molar-refractivity contribution is 0.0773. The molecule has 1 aromatic carbocycles. The number of nitrogens with one attached hydrogen (secondary N) is 1. The second-order valence-electron chi connectivity index (χ2n) is 4.75. The van der Waals surface area contributed by atoms with Crippen molar-refractivity contribution in [1.29, 1.82) is 0 Å². The monoisotopic (exact) mass is 312 g/mol. The molecule has 21 heavy (non-hydrogen) atoms. The van der Waals surface area contributed by atoms with Crippen molar-refractivity contribution in [2.24, 2.45) is 0 Å². The molecule has 0 bridgehead atoms. The summed E-state index contributed by atoms with van der Waals surface area (Å²) < 4.78 is 26.6. The second-order valence-corrected chi connectivity index (χ2v) is 6.52. The molecule has 0 aliphatic carbocycles. The predicted octanol–water partition coefficient (Wildman–Crippen LogP) is 2.25. The van der Waals surface area contributed by atoms with E-state index in [1.54, 1.807) is 17.0 Å². The van der Waals surface area contributed by atoms with Crippen molar-refractivity contribution in [2.45, 2.75) is 38.5 Å². The van der Waals surface area contributed by atoms with Crippen molar-refractivity contribution in [3.63, 3.8) is 0 Å². The Morgan fingerprint density at radius 1 is 1.10 bits per heavy atom. The van der Waals surface area contributed by atoms with Gasteiger partial charge in [0.1, 0.15) is 0 Å². The summed E-state index contributed by atoms with van der Waals surface area (Å²) in [5.41, 5.74) is 0.506. The molecular weight excluding hydrogens is 288 g/mol. The summed E-state index contributed by atoms with van der Waals surface area (Å²) in [5.74, 6) is -0.0807. The van der Waals surface area contributed by atoms with Crippen LogP contribution in [0.2, 0.25) is 0 Å². The largest absolute Gasteiger partial charge is 0.339 e. The minimum Gasteiger partial charge on any atom is -0.339 e. The third-order valence-corrected chi connectivity index (χ3v) is 4.76. The molecule has 1 rings (SSSR count). The van der Waals surface area contributed by atoms with Crippen LogP contribution in [0.1, 0.15) is 44.0 Å². The Labute approximate surface area is 127 Å². The van der Waals surface area contributed by atoms with Gasteiger partial charge in [-0.05, 0) is 44.5 Å². The van der Waals surface area contributed by atoms with Crippen LogP contribution in [0.3, 0.4) is 0 Å². The fourth-order valence-corrected chi connectivity index (χ4v) is 3.01. The third-order valence-electron chi connectivity index (χ3n) is 3.28. The van der Waals surface area contributed by atoms with Crippen LogP contribution in [0.15, 0.2) is 29.2 Å². The molecule has 0 radical (unpaired) electrons. The first-order chi connectivity index (χ1) is 9.96.